The molecule has 0 saturated carbocycles. The van der Waals surface area contributed by atoms with Crippen LogP contribution in [0.3, 0.4) is 0 Å². The predicted octanol–water partition coefficient (Wildman–Crippen LogP) is 1.96. The molecular weight excluding hydrogens is 340 g/mol. The molecule has 7 heteroatoms. The van der Waals surface area contributed by atoms with Crippen LogP contribution in [0.1, 0.15) is 35.7 Å². The maximum Gasteiger partial charge on any atom is 0.326 e. The molecule has 6 nitrogen and oxygen atoms in total. The highest BCUT2D eigenvalue weighted by atomic mass is 32.1. The summed E-state index contributed by atoms with van der Waals surface area (Å²) in [5, 5.41) is 4.61. The molecule has 1 heterocycles. The van der Waals surface area contributed by atoms with Gasteiger partial charge in [0, 0.05) is 11.1 Å². The summed E-state index contributed by atoms with van der Waals surface area (Å²) < 4.78 is 6.35. The molecule has 25 heavy (non-hydrogen) atoms. The van der Waals surface area contributed by atoms with Crippen molar-refractivity contribution in [2.45, 2.75) is 38.8 Å². The Morgan fingerprint density at radius 3 is 2.92 bits per heavy atom. The molecule has 1 unspecified atom stereocenters. The lowest BCUT2D eigenvalue weighted by Gasteiger charge is -2.26. The number of amides is 1. The Labute approximate surface area is 149 Å². The van der Waals surface area contributed by atoms with E-state index in [0.29, 0.717) is 5.69 Å². The van der Waals surface area contributed by atoms with E-state index >= 15 is 0 Å². The fourth-order valence-electron chi connectivity index (χ4n) is 3.06. The third kappa shape index (κ3) is 4.17. The summed E-state index contributed by atoms with van der Waals surface area (Å²) in [5.41, 5.74) is 3.09. The second-order valence-electron chi connectivity index (χ2n) is 6.10. The highest BCUT2D eigenvalue weighted by Gasteiger charge is 2.21. The second kappa shape index (κ2) is 7.65. The van der Waals surface area contributed by atoms with Gasteiger partial charge >= 0.3 is 10.8 Å². The van der Waals surface area contributed by atoms with Gasteiger partial charge in [0.05, 0.1) is 6.04 Å². The van der Waals surface area contributed by atoms with Crippen LogP contribution < -0.4 is 10.2 Å². The molecule has 132 valence electrons. The van der Waals surface area contributed by atoms with Gasteiger partial charge < -0.3 is 10.1 Å². The molecule has 0 spiro atoms. The van der Waals surface area contributed by atoms with Gasteiger partial charge in [0.25, 0.3) is 5.91 Å². The number of thiazole rings is 1. The number of aromatic nitrogens is 1. The summed E-state index contributed by atoms with van der Waals surface area (Å²) in [6, 6.07) is 8.02. The molecule has 1 N–H and O–H groups in total. The van der Waals surface area contributed by atoms with Crippen LogP contribution in [0, 0.1) is 6.92 Å². The van der Waals surface area contributed by atoms with E-state index in [0.717, 1.165) is 36.2 Å². The first-order valence-electron chi connectivity index (χ1n) is 8.22. The minimum atomic E-state index is -0.595. The van der Waals surface area contributed by atoms with Crippen molar-refractivity contribution in [1.82, 2.24) is 9.88 Å². The molecule has 0 aliphatic heterocycles. The molecule has 2 aromatic rings. The van der Waals surface area contributed by atoms with E-state index < -0.39 is 5.97 Å². The minimum absolute atomic E-state index is 0.0436. The Kier molecular flexibility index (Phi) is 5.33. The molecule has 1 amide bonds. The van der Waals surface area contributed by atoms with Gasteiger partial charge in [-0.2, -0.15) is 0 Å². The van der Waals surface area contributed by atoms with Gasteiger partial charge in [-0.15, -0.1) is 0 Å². The molecule has 0 bridgehead atoms. The van der Waals surface area contributed by atoms with Crippen molar-refractivity contribution < 1.29 is 14.3 Å². The smallest absolute Gasteiger partial charge is 0.326 e. The third-order valence-corrected chi connectivity index (χ3v) is 5.21. The van der Waals surface area contributed by atoms with Crippen molar-refractivity contribution in [2.24, 2.45) is 0 Å². The normalized spacial score (nSPS) is 16.1. The van der Waals surface area contributed by atoms with Crippen molar-refractivity contribution in [3.63, 3.8) is 0 Å². The summed E-state index contributed by atoms with van der Waals surface area (Å²) in [6.45, 7) is 1.24. The van der Waals surface area contributed by atoms with E-state index in [1.165, 1.54) is 10.1 Å². The quantitative estimate of drug-likeness (QED) is 0.827. The maximum absolute atomic E-state index is 12.1. The number of hydrogen-bond donors (Lipinski definition) is 1. The summed E-state index contributed by atoms with van der Waals surface area (Å²) in [7, 11) is 0. The van der Waals surface area contributed by atoms with Crippen LogP contribution in [0.5, 0.6) is 0 Å². The molecular formula is C18H20N2O4S. The lowest BCUT2D eigenvalue weighted by molar-refractivity contribution is -0.149. The molecule has 1 atom stereocenters. The first-order valence-corrected chi connectivity index (χ1v) is 9.10. The Balaban J connectivity index is 1.52. The molecule has 3 rings (SSSR count). The van der Waals surface area contributed by atoms with Gasteiger partial charge in [0.2, 0.25) is 0 Å². The van der Waals surface area contributed by atoms with Crippen molar-refractivity contribution in [3.05, 3.63) is 56.1 Å². The van der Waals surface area contributed by atoms with Crippen LogP contribution in [-0.4, -0.2) is 23.1 Å². The summed E-state index contributed by atoms with van der Waals surface area (Å²) in [6.07, 6.45) is 2.91. The highest BCUT2D eigenvalue weighted by molar-refractivity contribution is 7.07. The Morgan fingerprint density at radius 1 is 1.36 bits per heavy atom. The average molecular weight is 360 g/mol. The number of carbonyl (C=O) groups is 2. The van der Waals surface area contributed by atoms with Crippen LogP contribution in [0.2, 0.25) is 0 Å². The van der Waals surface area contributed by atoms with Crippen LogP contribution in [0.15, 0.2) is 34.4 Å². The number of aryl methyl sites for hydroxylation is 2. The first kappa shape index (κ1) is 17.4. The van der Waals surface area contributed by atoms with Gasteiger partial charge in [-0.05, 0) is 37.3 Å². The number of benzene rings is 1. The van der Waals surface area contributed by atoms with Crippen LogP contribution in [-0.2, 0) is 27.3 Å². The fourth-order valence-corrected chi connectivity index (χ4v) is 3.79. The molecule has 1 aliphatic carbocycles. The van der Waals surface area contributed by atoms with E-state index in [2.05, 4.69) is 11.4 Å². The Bertz CT molecular complexity index is 840. The largest absolute Gasteiger partial charge is 0.454 e. The number of ether oxygens (including phenoxy) is 1. The van der Waals surface area contributed by atoms with E-state index in [1.54, 1.807) is 12.3 Å². The number of nitrogens with zero attached hydrogens (tertiary/aromatic N) is 1. The topological polar surface area (TPSA) is 77.4 Å². The maximum atomic E-state index is 12.1. The number of carbonyl (C=O) groups excluding carboxylic acids is 2. The molecule has 0 radical (unpaired) electrons. The molecule has 0 fully saturated rings. The lowest BCUT2D eigenvalue weighted by Crippen LogP contribution is -2.34. The second-order valence-corrected chi connectivity index (χ2v) is 6.92. The molecule has 1 aliphatic rings. The number of esters is 1. The Hall–Kier alpha value is -2.41. The summed E-state index contributed by atoms with van der Waals surface area (Å²) in [4.78, 5) is 35.3. The van der Waals surface area contributed by atoms with Crippen molar-refractivity contribution in [1.29, 1.82) is 0 Å². The SMILES string of the molecule is Cc1csc(=O)n1CC(=O)OCC(=O)NC1CCCc2ccccc21. The van der Waals surface area contributed by atoms with Gasteiger partial charge in [-0.1, -0.05) is 35.6 Å². The van der Waals surface area contributed by atoms with Crippen molar-refractivity contribution in [3.8, 4) is 0 Å². The Morgan fingerprint density at radius 2 is 2.16 bits per heavy atom. The number of nitrogens with one attached hydrogen (secondary N) is 1. The fraction of sp³-hybridized carbons (Fsp3) is 0.389. The van der Waals surface area contributed by atoms with Gasteiger partial charge in [-0.25, -0.2) is 0 Å². The van der Waals surface area contributed by atoms with Crippen LogP contribution in [0.4, 0.5) is 0 Å². The summed E-state index contributed by atoms with van der Waals surface area (Å²) >= 11 is 1.03. The minimum Gasteiger partial charge on any atom is -0.454 e. The number of fused-ring (bicyclic) bond motifs is 1. The van der Waals surface area contributed by atoms with Gasteiger partial charge in [0.1, 0.15) is 6.54 Å². The van der Waals surface area contributed by atoms with E-state index in [9.17, 15) is 14.4 Å². The van der Waals surface area contributed by atoms with Crippen LogP contribution in [0.25, 0.3) is 0 Å². The zero-order valence-corrected chi connectivity index (χ0v) is 14.8. The van der Waals surface area contributed by atoms with E-state index in [-0.39, 0.29) is 30.0 Å². The van der Waals surface area contributed by atoms with Crippen molar-refractivity contribution >= 4 is 23.2 Å². The van der Waals surface area contributed by atoms with E-state index in [1.807, 2.05) is 18.2 Å². The summed E-state index contributed by atoms with van der Waals surface area (Å²) in [5.74, 6) is -0.924. The number of hydrogen-bond acceptors (Lipinski definition) is 5. The molecule has 1 aromatic carbocycles. The number of rotatable bonds is 5. The van der Waals surface area contributed by atoms with Crippen molar-refractivity contribution in [2.75, 3.05) is 6.61 Å². The monoisotopic (exact) mass is 360 g/mol. The third-order valence-electron chi connectivity index (χ3n) is 4.33. The zero-order valence-electron chi connectivity index (χ0n) is 14.0. The van der Waals surface area contributed by atoms with Crippen LogP contribution >= 0.6 is 11.3 Å². The zero-order chi connectivity index (χ0) is 17.8. The molecule has 0 saturated heterocycles. The van der Waals surface area contributed by atoms with E-state index in [4.69, 9.17) is 4.74 Å². The first-order chi connectivity index (χ1) is 12.0. The van der Waals surface area contributed by atoms with Gasteiger partial charge in [0.15, 0.2) is 6.61 Å². The highest BCUT2D eigenvalue weighted by Crippen LogP contribution is 2.29. The standard InChI is InChI=1S/C18H20N2O4S/c1-12-11-25-18(23)20(12)9-17(22)24-10-16(21)19-15-8-4-6-13-5-2-3-7-14(13)15/h2-3,5,7,11,15H,4,6,8-10H2,1H3,(H,19,21). The average Bonchev–Trinajstić information content (AvgIpc) is 2.92. The molecule has 1 aromatic heterocycles. The predicted molar refractivity (Wildman–Crippen MR) is 94.5 cm³/mol. The van der Waals surface area contributed by atoms with Gasteiger partial charge in [-0.3, -0.25) is 19.0 Å². The lowest BCUT2D eigenvalue weighted by atomic mass is 9.88.